The summed E-state index contributed by atoms with van der Waals surface area (Å²) in [5.41, 5.74) is 2.77. The molecular formula is C26H27N7O2. The summed E-state index contributed by atoms with van der Waals surface area (Å²) in [4.78, 5) is 31.4. The maximum Gasteiger partial charge on any atom is 0.223 e. The van der Waals surface area contributed by atoms with E-state index in [0.717, 1.165) is 35.7 Å². The number of rotatable bonds is 5. The van der Waals surface area contributed by atoms with Crippen molar-refractivity contribution in [3.05, 3.63) is 65.9 Å². The monoisotopic (exact) mass is 469 g/mol. The lowest BCUT2D eigenvalue weighted by Crippen LogP contribution is -2.38. The smallest absolute Gasteiger partial charge is 0.223 e. The molecule has 0 spiro atoms. The first-order chi connectivity index (χ1) is 17.0. The Hall–Kier alpha value is -4.19. The van der Waals surface area contributed by atoms with Crippen LogP contribution in [-0.4, -0.2) is 58.4 Å². The van der Waals surface area contributed by atoms with Crippen LogP contribution in [0, 0.1) is 11.3 Å². The molecule has 178 valence electrons. The number of allylic oxidation sites excluding steroid dienone is 1. The van der Waals surface area contributed by atoms with Gasteiger partial charge in [0.25, 0.3) is 0 Å². The molecule has 0 radical (unpaired) electrons. The maximum absolute atomic E-state index is 13.0. The van der Waals surface area contributed by atoms with Gasteiger partial charge >= 0.3 is 0 Å². The minimum atomic E-state index is -0.313. The van der Waals surface area contributed by atoms with E-state index in [1.807, 2.05) is 81.9 Å². The Labute approximate surface area is 203 Å². The van der Waals surface area contributed by atoms with Crippen LogP contribution in [0.5, 0.6) is 0 Å². The van der Waals surface area contributed by atoms with E-state index in [1.165, 1.54) is 0 Å². The molecule has 35 heavy (non-hydrogen) atoms. The molecule has 0 unspecified atom stereocenters. The van der Waals surface area contributed by atoms with E-state index < -0.39 is 0 Å². The van der Waals surface area contributed by atoms with Gasteiger partial charge in [0.2, 0.25) is 5.91 Å². The predicted molar refractivity (Wildman–Crippen MR) is 132 cm³/mol. The zero-order chi connectivity index (χ0) is 24.5. The Morgan fingerprint density at radius 3 is 2.29 bits per heavy atom. The van der Waals surface area contributed by atoms with Crippen molar-refractivity contribution in [2.45, 2.75) is 31.6 Å². The van der Waals surface area contributed by atoms with Crippen LogP contribution in [0.15, 0.2) is 60.1 Å². The number of fused-ring (bicyclic) bond motifs is 2. The Morgan fingerprint density at radius 2 is 1.63 bits per heavy atom. The number of carbonyl (C=O) groups excluding carboxylic acids is 2. The number of nitrogens with zero attached hydrogens (tertiary/aromatic N) is 7. The summed E-state index contributed by atoms with van der Waals surface area (Å²) >= 11 is 0. The fraction of sp³-hybridized carbons (Fsp3) is 0.346. The SMILES string of the molecule is CN1C(=C(C#N)C(=O)CCC(=O)N2CCC(c3nnc4ccccn34)CC2)N(C)c2ccccc21. The molecule has 1 amide bonds. The number of ketones is 1. The number of para-hydroxylation sites is 2. The number of likely N-dealkylation sites (tertiary alicyclic amines) is 1. The van der Waals surface area contributed by atoms with Gasteiger partial charge in [-0.3, -0.25) is 14.0 Å². The normalized spacial score (nSPS) is 15.9. The molecule has 1 saturated heterocycles. The van der Waals surface area contributed by atoms with E-state index in [2.05, 4.69) is 16.3 Å². The minimum Gasteiger partial charge on any atom is -0.343 e. The van der Waals surface area contributed by atoms with Crippen LogP contribution in [0.25, 0.3) is 5.65 Å². The fourth-order valence-corrected chi connectivity index (χ4v) is 5.09. The molecule has 0 aliphatic carbocycles. The number of aromatic nitrogens is 3. The van der Waals surface area contributed by atoms with E-state index in [4.69, 9.17) is 0 Å². The highest BCUT2D eigenvalue weighted by molar-refractivity contribution is 6.03. The number of hydrogen-bond donors (Lipinski definition) is 0. The first-order valence-corrected chi connectivity index (χ1v) is 11.8. The van der Waals surface area contributed by atoms with Crippen molar-refractivity contribution in [3.8, 4) is 6.07 Å². The second-order valence-corrected chi connectivity index (χ2v) is 8.98. The van der Waals surface area contributed by atoms with Gasteiger partial charge in [0.15, 0.2) is 11.4 Å². The van der Waals surface area contributed by atoms with E-state index in [-0.39, 0.29) is 36.0 Å². The van der Waals surface area contributed by atoms with Crippen LogP contribution < -0.4 is 9.80 Å². The van der Waals surface area contributed by atoms with Gasteiger partial charge in [-0.05, 0) is 37.1 Å². The van der Waals surface area contributed by atoms with Crippen molar-refractivity contribution in [2.24, 2.45) is 0 Å². The van der Waals surface area contributed by atoms with Gasteiger partial charge in [0.05, 0.1) is 11.4 Å². The highest BCUT2D eigenvalue weighted by Gasteiger charge is 2.32. The van der Waals surface area contributed by atoms with Crippen molar-refractivity contribution >= 4 is 28.7 Å². The van der Waals surface area contributed by atoms with E-state index in [1.54, 1.807) is 0 Å². The zero-order valence-electron chi connectivity index (χ0n) is 19.9. The molecule has 4 heterocycles. The van der Waals surface area contributed by atoms with Crippen LogP contribution in [0.4, 0.5) is 11.4 Å². The summed E-state index contributed by atoms with van der Waals surface area (Å²) in [6.07, 6.45) is 3.68. The second-order valence-electron chi connectivity index (χ2n) is 8.98. The summed E-state index contributed by atoms with van der Waals surface area (Å²) in [6.45, 7) is 1.23. The lowest BCUT2D eigenvalue weighted by atomic mass is 9.95. The summed E-state index contributed by atoms with van der Waals surface area (Å²) < 4.78 is 2.01. The van der Waals surface area contributed by atoms with Gasteiger partial charge in [-0.25, -0.2) is 0 Å². The van der Waals surface area contributed by atoms with Crippen LogP contribution in [-0.2, 0) is 9.59 Å². The Kier molecular flexibility index (Phi) is 5.95. The number of hydrogen-bond acceptors (Lipinski definition) is 7. The number of piperidine rings is 1. The number of Topliss-reactive ketones (excluding diaryl/α,β-unsaturated/α-hetero) is 1. The van der Waals surface area contributed by atoms with Crippen molar-refractivity contribution in [3.63, 3.8) is 0 Å². The summed E-state index contributed by atoms with van der Waals surface area (Å²) in [5.74, 6) is 1.35. The largest absolute Gasteiger partial charge is 0.343 e. The summed E-state index contributed by atoms with van der Waals surface area (Å²) in [7, 11) is 3.69. The Bertz CT molecular complexity index is 1330. The van der Waals surface area contributed by atoms with Gasteiger partial charge in [-0.1, -0.05) is 18.2 Å². The summed E-state index contributed by atoms with van der Waals surface area (Å²) in [5, 5.41) is 18.4. The zero-order valence-corrected chi connectivity index (χ0v) is 19.9. The maximum atomic E-state index is 13.0. The second kappa shape index (κ2) is 9.22. The molecule has 2 aromatic heterocycles. The Morgan fingerprint density at radius 1 is 0.971 bits per heavy atom. The molecule has 1 fully saturated rings. The van der Waals surface area contributed by atoms with Gasteiger partial charge in [0, 0.05) is 52.1 Å². The van der Waals surface area contributed by atoms with Gasteiger partial charge < -0.3 is 14.7 Å². The predicted octanol–water partition coefficient (Wildman–Crippen LogP) is 3.11. The average Bonchev–Trinajstić information content (AvgIpc) is 3.43. The van der Waals surface area contributed by atoms with Crippen molar-refractivity contribution in [2.75, 3.05) is 37.0 Å². The molecule has 9 nitrogen and oxygen atoms in total. The fourth-order valence-electron chi connectivity index (χ4n) is 5.09. The third kappa shape index (κ3) is 4.01. The molecule has 2 aliphatic rings. The van der Waals surface area contributed by atoms with E-state index in [9.17, 15) is 14.9 Å². The molecule has 5 rings (SSSR count). The standard InChI is InChI=1S/C26H27N7O2/c1-30-20-7-3-4-8-21(20)31(2)26(30)19(17-27)22(34)10-11-24(35)32-15-12-18(13-16-32)25-29-28-23-9-5-6-14-33(23)25/h3-9,14,18H,10-13,15-16H2,1-2H3. The van der Waals surface area contributed by atoms with Crippen molar-refractivity contribution < 1.29 is 9.59 Å². The van der Waals surface area contributed by atoms with Crippen LogP contribution in [0.1, 0.15) is 37.4 Å². The van der Waals surface area contributed by atoms with Gasteiger partial charge in [-0.15, -0.1) is 10.2 Å². The van der Waals surface area contributed by atoms with Crippen molar-refractivity contribution in [1.82, 2.24) is 19.5 Å². The van der Waals surface area contributed by atoms with E-state index in [0.29, 0.717) is 18.9 Å². The van der Waals surface area contributed by atoms with Gasteiger partial charge in [0.1, 0.15) is 23.3 Å². The Balaban J connectivity index is 1.20. The number of anilines is 2. The number of pyridine rings is 1. The summed E-state index contributed by atoms with van der Waals surface area (Å²) in [6, 6.07) is 15.7. The third-order valence-electron chi connectivity index (χ3n) is 6.97. The molecular weight excluding hydrogens is 442 g/mol. The number of nitriles is 1. The number of amides is 1. The molecule has 2 aliphatic heterocycles. The highest BCUT2D eigenvalue weighted by Crippen LogP contribution is 2.40. The van der Waals surface area contributed by atoms with Crippen LogP contribution in [0.2, 0.25) is 0 Å². The average molecular weight is 470 g/mol. The molecule has 0 atom stereocenters. The molecule has 9 heteroatoms. The number of carbonyl (C=O) groups is 2. The molecule has 0 N–H and O–H groups in total. The molecule has 1 aromatic carbocycles. The first kappa shape index (κ1) is 22.6. The lowest BCUT2D eigenvalue weighted by Gasteiger charge is -2.31. The number of benzene rings is 1. The quantitative estimate of drug-likeness (QED) is 0.418. The lowest BCUT2D eigenvalue weighted by molar-refractivity contribution is -0.133. The van der Waals surface area contributed by atoms with Crippen LogP contribution >= 0.6 is 0 Å². The highest BCUT2D eigenvalue weighted by atomic mass is 16.2. The molecule has 3 aromatic rings. The topological polar surface area (TPSA) is 97.8 Å². The van der Waals surface area contributed by atoms with Gasteiger partial charge in [-0.2, -0.15) is 5.26 Å². The first-order valence-electron chi connectivity index (χ1n) is 11.8. The third-order valence-corrected chi connectivity index (χ3v) is 6.97. The molecule has 0 bridgehead atoms. The van der Waals surface area contributed by atoms with Crippen LogP contribution in [0.3, 0.4) is 0 Å². The van der Waals surface area contributed by atoms with Crippen molar-refractivity contribution in [1.29, 1.82) is 5.26 Å². The molecule has 0 saturated carbocycles. The van der Waals surface area contributed by atoms with E-state index >= 15 is 0 Å². The minimum absolute atomic E-state index is 0.0119.